The van der Waals surface area contributed by atoms with Gasteiger partial charge in [0, 0.05) is 8.95 Å². The minimum absolute atomic E-state index is 0. The Morgan fingerprint density at radius 2 is 1.71 bits per heavy atom. The van der Waals surface area contributed by atoms with Gasteiger partial charge in [0.05, 0.1) is 12.1 Å². The predicted molar refractivity (Wildman–Crippen MR) is 81.5 cm³/mol. The van der Waals surface area contributed by atoms with Crippen LogP contribution in [-0.4, -0.2) is 11.2 Å². The highest BCUT2D eigenvalue weighted by Crippen LogP contribution is 2.27. The van der Waals surface area contributed by atoms with Crippen LogP contribution in [0.5, 0.6) is 0 Å². The maximum absolute atomic E-state index is 10.1. The molecule has 0 radical (unpaired) electrons. The fraction of sp³-hybridized carbons (Fsp3) is 0.500. The largest absolute Gasteiger partial charge is 0.391 e. The Morgan fingerprint density at radius 3 is 2.12 bits per heavy atom. The van der Waals surface area contributed by atoms with E-state index in [1.165, 1.54) is 0 Å². The number of aliphatic hydroxyl groups excluding tert-OH is 1. The van der Waals surface area contributed by atoms with Gasteiger partial charge in [-0.25, -0.2) is 0 Å². The summed E-state index contributed by atoms with van der Waals surface area (Å²) < 4.78 is 1.92. The van der Waals surface area contributed by atoms with Gasteiger partial charge >= 0.3 is 0 Å². The molecule has 0 fully saturated rings. The van der Waals surface area contributed by atoms with Gasteiger partial charge in [-0.05, 0) is 29.7 Å². The average Bonchev–Trinajstić information content (AvgIpc) is 2.24. The molecular weight excluding hydrogens is 369 g/mol. The third-order valence-electron chi connectivity index (χ3n) is 2.86. The Hall–Kier alpha value is 0.390. The first-order valence-corrected chi connectivity index (χ1v) is 6.94. The second kappa shape index (κ2) is 7.74. The zero-order valence-electron chi connectivity index (χ0n) is 9.86. The summed E-state index contributed by atoms with van der Waals surface area (Å²) in [5, 5.41) is 10.1. The van der Waals surface area contributed by atoms with Crippen molar-refractivity contribution in [2.45, 2.75) is 32.4 Å². The van der Waals surface area contributed by atoms with Crippen molar-refractivity contribution < 1.29 is 5.11 Å². The van der Waals surface area contributed by atoms with Gasteiger partial charge in [0.1, 0.15) is 0 Å². The normalized spacial score (nSPS) is 15.9. The highest BCUT2D eigenvalue weighted by atomic mass is 79.9. The molecule has 0 aliphatic heterocycles. The monoisotopic (exact) mass is 385 g/mol. The van der Waals surface area contributed by atoms with Gasteiger partial charge in [-0.2, -0.15) is 0 Å². The molecule has 1 rings (SSSR count). The molecule has 0 aliphatic carbocycles. The lowest BCUT2D eigenvalue weighted by atomic mass is 9.92. The summed E-state index contributed by atoms with van der Waals surface area (Å²) in [6.07, 6.45) is 0.413. The topological polar surface area (TPSA) is 46.2 Å². The van der Waals surface area contributed by atoms with Gasteiger partial charge in [0.2, 0.25) is 0 Å². The molecule has 0 saturated heterocycles. The van der Waals surface area contributed by atoms with E-state index in [9.17, 15) is 5.11 Å². The second-order valence-corrected chi connectivity index (χ2v) is 5.94. The molecule has 1 unspecified atom stereocenters. The molecule has 1 aromatic carbocycles. The highest BCUT2D eigenvalue weighted by molar-refractivity contribution is 9.11. The summed E-state index contributed by atoms with van der Waals surface area (Å²) in [6, 6.07) is 5.50. The first-order valence-electron chi connectivity index (χ1n) is 5.35. The van der Waals surface area contributed by atoms with Crippen molar-refractivity contribution >= 4 is 44.3 Å². The molecule has 0 amide bonds. The first-order chi connectivity index (χ1) is 7.45. The lowest BCUT2D eigenvalue weighted by Crippen LogP contribution is -2.31. The van der Waals surface area contributed by atoms with E-state index in [0.717, 1.165) is 20.9 Å². The fourth-order valence-corrected chi connectivity index (χ4v) is 2.89. The molecule has 0 heterocycles. The molecule has 2 nitrogen and oxygen atoms in total. The lowest BCUT2D eigenvalue weighted by molar-refractivity contribution is 0.0879. The summed E-state index contributed by atoms with van der Waals surface area (Å²) in [5.74, 6) is 0.202. The van der Waals surface area contributed by atoms with E-state index >= 15 is 0 Å². The molecule has 0 aliphatic rings. The number of nitrogens with two attached hydrogens (primary N) is 1. The molecule has 0 aromatic heterocycles. The highest BCUT2D eigenvalue weighted by Gasteiger charge is 2.22. The van der Waals surface area contributed by atoms with E-state index in [0.29, 0.717) is 0 Å². The molecule has 1 aromatic rings. The van der Waals surface area contributed by atoms with Gasteiger partial charge in [-0.1, -0.05) is 52.1 Å². The summed E-state index contributed by atoms with van der Waals surface area (Å²) >= 11 is 6.83. The molecule has 0 spiro atoms. The van der Waals surface area contributed by atoms with Crippen molar-refractivity contribution in [1.82, 2.24) is 0 Å². The number of hydrogen-bond acceptors (Lipinski definition) is 2. The van der Waals surface area contributed by atoms with Crippen molar-refractivity contribution in [3.05, 3.63) is 32.7 Å². The van der Waals surface area contributed by atoms with Gasteiger partial charge in [0.25, 0.3) is 0 Å². The smallest absolute Gasteiger partial charge is 0.0758 e. The Morgan fingerprint density at radius 1 is 1.24 bits per heavy atom. The van der Waals surface area contributed by atoms with Crippen molar-refractivity contribution in [3.8, 4) is 0 Å². The van der Waals surface area contributed by atoms with Crippen LogP contribution in [0.3, 0.4) is 0 Å². The van der Waals surface area contributed by atoms with Gasteiger partial charge in [0.15, 0.2) is 0 Å². The first kappa shape index (κ1) is 17.4. The zero-order chi connectivity index (χ0) is 12.3. The maximum Gasteiger partial charge on any atom is 0.0758 e. The Balaban J connectivity index is 0.00000256. The molecule has 0 saturated carbocycles. The van der Waals surface area contributed by atoms with Crippen LogP contribution in [-0.2, 0) is 0 Å². The molecule has 98 valence electrons. The number of rotatable bonds is 4. The van der Waals surface area contributed by atoms with E-state index in [1.54, 1.807) is 0 Å². The summed E-state index contributed by atoms with van der Waals surface area (Å²) in [4.78, 5) is 0. The SMILES string of the molecule is CCC(C)[C@H](O)[C@H](N)c1cc(Br)cc(Br)c1.Cl. The molecule has 17 heavy (non-hydrogen) atoms. The van der Waals surface area contributed by atoms with Crippen LogP contribution in [0, 0.1) is 5.92 Å². The van der Waals surface area contributed by atoms with E-state index < -0.39 is 6.10 Å². The van der Waals surface area contributed by atoms with Crippen LogP contribution in [0.15, 0.2) is 27.1 Å². The summed E-state index contributed by atoms with van der Waals surface area (Å²) in [5.41, 5.74) is 7.00. The summed E-state index contributed by atoms with van der Waals surface area (Å²) in [7, 11) is 0. The van der Waals surface area contributed by atoms with Gasteiger partial charge in [-0.15, -0.1) is 12.4 Å². The van der Waals surface area contributed by atoms with E-state index in [4.69, 9.17) is 5.73 Å². The third kappa shape index (κ3) is 4.87. The minimum Gasteiger partial charge on any atom is -0.391 e. The third-order valence-corrected chi connectivity index (χ3v) is 3.78. The van der Waals surface area contributed by atoms with Crippen LogP contribution in [0.25, 0.3) is 0 Å². The Labute approximate surface area is 126 Å². The second-order valence-electron chi connectivity index (χ2n) is 4.10. The number of hydrogen-bond donors (Lipinski definition) is 2. The van der Waals surface area contributed by atoms with Crippen LogP contribution < -0.4 is 5.73 Å². The number of halogens is 3. The van der Waals surface area contributed by atoms with Crippen LogP contribution in [0.1, 0.15) is 31.9 Å². The quantitative estimate of drug-likeness (QED) is 0.819. The average molecular weight is 388 g/mol. The van der Waals surface area contributed by atoms with E-state index in [1.807, 2.05) is 25.1 Å². The Kier molecular flexibility index (Phi) is 7.92. The van der Waals surface area contributed by atoms with Crippen LogP contribution in [0.4, 0.5) is 0 Å². The summed E-state index contributed by atoms with van der Waals surface area (Å²) in [6.45, 7) is 4.06. The maximum atomic E-state index is 10.1. The predicted octanol–water partition coefficient (Wildman–Crippen LogP) is 4.04. The number of aliphatic hydroxyl groups is 1. The van der Waals surface area contributed by atoms with Crippen LogP contribution in [0.2, 0.25) is 0 Å². The lowest BCUT2D eigenvalue weighted by Gasteiger charge is -2.24. The van der Waals surface area contributed by atoms with Gasteiger partial charge in [-0.3, -0.25) is 0 Å². The molecular formula is C12H18Br2ClNO. The molecule has 5 heteroatoms. The standard InChI is InChI=1S/C12H17Br2NO.ClH/c1-3-7(2)12(16)11(15)8-4-9(13)6-10(14)5-8;/h4-7,11-12,16H,3,15H2,1-2H3;1H/t7?,11-,12+;/m1./s1. The van der Waals surface area contributed by atoms with Crippen LogP contribution >= 0.6 is 44.3 Å². The molecule has 3 N–H and O–H groups in total. The van der Waals surface area contributed by atoms with E-state index in [2.05, 4.69) is 38.8 Å². The minimum atomic E-state index is -0.508. The zero-order valence-corrected chi connectivity index (χ0v) is 13.8. The molecule has 0 bridgehead atoms. The van der Waals surface area contributed by atoms with E-state index in [-0.39, 0.29) is 24.4 Å². The fourth-order valence-electron chi connectivity index (χ4n) is 1.56. The van der Waals surface area contributed by atoms with Crippen molar-refractivity contribution in [2.24, 2.45) is 11.7 Å². The number of benzene rings is 1. The molecule has 3 atom stereocenters. The van der Waals surface area contributed by atoms with Gasteiger partial charge < -0.3 is 10.8 Å². The Bertz CT molecular complexity index is 342. The van der Waals surface area contributed by atoms with Crippen molar-refractivity contribution in [2.75, 3.05) is 0 Å². The van der Waals surface area contributed by atoms with Crippen molar-refractivity contribution in [1.29, 1.82) is 0 Å². The van der Waals surface area contributed by atoms with Crippen molar-refractivity contribution in [3.63, 3.8) is 0 Å².